The zero-order chi connectivity index (χ0) is 14.2. The molecule has 2 heterocycles. The van der Waals surface area contributed by atoms with E-state index in [0.717, 1.165) is 22.4 Å². The summed E-state index contributed by atoms with van der Waals surface area (Å²) in [6.45, 7) is 4.44. The van der Waals surface area contributed by atoms with Crippen molar-refractivity contribution in [2.24, 2.45) is 0 Å². The Hall–Kier alpha value is -2.29. The van der Waals surface area contributed by atoms with E-state index in [4.69, 9.17) is 4.98 Å². The third-order valence-electron chi connectivity index (χ3n) is 4.26. The van der Waals surface area contributed by atoms with Gasteiger partial charge in [-0.25, -0.2) is 4.98 Å². The maximum atomic E-state index is 4.71. The van der Waals surface area contributed by atoms with E-state index in [0.29, 0.717) is 0 Å². The van der Waals surface area contributed by atoms with Crippen LogP contribution in [0.4, 0.5) is 5.69 Å². The number of aryl methyl sites for hydroxylation is 1. The van der Waals surface area contributed by atoms with Gasteiger partial charge in [0.05, 0.1) is 11.0 Å². The van der Waals surface area contributed by atoms with Crippen LogP contribution in [-0.2, 0) is 0 Å². The lowest BCUT2D eigenvalue weighted by Gasteiger charge is -2.17. The van der Waals surface area contributed by atoms with Gasteiger partial charge in [0, 0.05) is 24.3 Å². The Bertz CT molecular complexity index is 765. The van der Waals surface area contributed by atoms with Crippen LogP contribution in [0.2, 0.25) is 0 Å². The Balaban J connectivity index is 1.73. The van der Waals surface area contributed by atoms with Crippen molar-refractivity contribution in [3.63, 3.8) is 0 Å². The molecule has 1 aliphatic rings. The maximum Gasteiger partial charge on any atom is 0.138 e. The fourth-order valence-electron chi connectivity index (χ4n) is 3.02. The van der Waals surface area contributed by atoms with Crippen molar-refractivity contribution in [3.8, 4) is 11.4 Å². The number of anilines is 1. The van der Waals surface area contributed by atoms with Gasteiger partial charge in [-0.05, 0) is 38.0 Å². The van der Waals surface area contributed by atoms with Crippen LogP contribution in [0.1, 0.15) is 18.4 Å². The Morgan fingerprint density at radius 1 is 1.00 bits per heavy atom. The predicted octanol–water partition coefficient (Wildman–Crippen LogP) is 4.14. The summed E-state index contributed by atoms with van der Waals surface area (Å²) < 4.78 is 0. The Morgan fingerprint density at radius 2 is 1.76 bits per heavy atom. The summed E-state index contributed by atoms with van der Waals surface area (Å²) in [4.78, 5) is 10.6. The van der Waals surface area contributed by atoms with Crippen LogP contribution in [0.5, 0.6) is 0 Å². The van der Waals surface area contributed by atoms with Crippen molar-refractivity contribution in [1.82, 2.24) is 9.97 Å². The minimum Gasteiger partial charge on any atom is -0.371 e. The van der Waals surface area contributed by atoms with Gasteiger partial charge in [0.15, 0.2) is 0 Å². The second-order valence-electron chi connectivity index (χ2n) is 5.85. The van der Waals surface area contributed by atoms with Crippen LogP contribution in [0.3, 0.4) is 0 Å². The molecule has 3 heteroatoms. The van der Waals surface area contributed by atoms with E-state index in [1.165, 1.54) is 37.2 Å². The number of aromatic amines is 1. The van der Waals surface area contributed by atoms with E-state index < -0.39 is 0 Å². The number of benzene rings is 2. The van der Waals surface area contributed by atoms with Crippen LogP contribution < -0.4 is 4.90 Å². The lowest BCUT2D eigenvalue weighted by atomic mass is 10.1. The quantitative estimate of drug-likeness (QED) is 0.763. The molecule has 0 aliphatic carbocycles. The summed E-state index contributed by atoms with van der Waals surface area (Å²) >= 11 is 0. The molecule has 106 valence electrons. The van der Waals surface area contributed by atoms with Gasteiger partial charge in [-0.3, -0.25) is 0 Å². The summed E-state index contributed by atoms with van der Waals surface area (Å²) in [5.41, 5.74) is 5.87. The van der Waals surface area contributed by atoms with Crippen molar-refractivity contribution >= 4 is 16.7 Å². The number of aromatic nitrogens is 2. The van der Waals surface area contributed by atoms with E-state index in [9.17, 15) is 0 Å². The first-order valence-electron chi connectivity index (χ1n) is 7.61. The Morgan fingerprint density at radius 3 is 2.52 bits per heavy atom. The van der Waals surface area contributed by atoms with Gasteiger partial charge in [0.25, 0.3) is 0 Å². The predicted molar refractivity (Wildman–Crippen MR) is 87.7 cm³/mol. The van der Waals surface area contributed by atoms with Gasteiger partial charge in [0.1, 0.15) is 5.82 Å². The van der Waals surface area contributed by atoms with E-state index in [2.05, 4.69) is 59.3 Å². The van der Waals surface area contributed by atoms with Gasteiger partial charge in [-0.1, -0.05) is 29.8 Å². The molecule has 1 aliphatic heterocycles. The smallest absolute Gasteiger partial charge is 0.138 e. The second-order valence-corrected chi connectivity index (χ2v) is 5.85. The average molecular weight is 277 g/mol. The molecule has 0 amide bonds. The molecule has 0 spiro atoms. The number of hydrogen-bond acceptors (Lipinski definition) is 2. The molecule has 0 atom stereocenters. The van der Waals surface area contributed by atoms with Crippen LogP contribution in [0.15, 0.2) is 42.5 Å². The highest BCUT2D eigenvalue weighted by Crippen LogP contribution is 2.26. The number of nitrogens with zero attached hydrogens (tertiary/aromatic N) is 2. The zero-order valence-corrected chi connectivity index (χ0v) is 12.3. The zero-order valence-electron chi connectivity index (χ0n) is 12.3. The monoisotopic (exact) mass is 277 g/mol. The fraction of sp³-hybridized carbons (Fsp3) is 0.278. The number of H-pyrrole nitrogens is 1. The minimum absolute atomic E-state index is 0.948. The molecule has 21 heavy (non-hydrogen) atoms. The Kier molecular flexibility index (Phi) is 2.92. The number of imidazole rings is 1. The largest absolute Gasteiger partial charge is 0.371 e. The molecule has 0 unspecified atom stereocenters. The first-order valence-corrected chi connectivity index (χ1v) is 7.61. The number of rotatable bonds is 2. The standard InChI is InChI=1S/C18H19N3/c1-13-4-6-14(7-5-13)18-19-16-9-8-15(12-17(16)20-18)21-10-2-3-11-21/h4-9,12H,2-3,10-11H2,1H3,(H,19,20). The molecule has 1 fully saturated rings. The molecule has 0 bridgehead atoms. The molecular weight excluding hydrogens is 258 g/mol. The third-order valence-corrected chi connectivity index (χ3v) is 4.26. The van der Waals surface area contributed by atoms with Crippen LogP contribution in [0, 0.1) is 6.92 Å². The lowest BCUT2D eigenvalue weighted by molar-refractivity contribution is 0.949. The van der Waals surface area contributed by atoms with Crippen LogP contribution in [-0.4, -0.2) is 23.1 Å². The lowest BCUT2D eigenvalue weighted by Crippen LogP contribution is -2.17. The van der Waals surface area contributed by atoms with E-state index in [-0.39, 0.29) is 0 Å². The summed E-state index contributed by atoms with van der Waals surface area (Å²) in [6.07, 6.45) is 2.60. The highest BCUT2D eigenvalue weighted by molar-refractivity contribution is 5.83. The van der Waals surface area contributed by atoms with Gasteiger partial charge < -0.3 is 9.88 Å². The highest BCUT2D eigenvalue weighted by atomic mass is 15.1. The average Bonchev–Trinajstić information content (AvgIpc) is 3.16. The molecule has 0 saturated carbocycles. The number of hydrogen-bond donors (Lipinski definition) is 1. The normalized spacial score (nSPS) is 15.0. The van der Waals surface area contributed by atoms with Crippen molar-refractivity contribution < 1.29 is 0 Å². The molecular formula is C18H19N3. The van der Waals surface area contributed by atoms with Crippen molar-refractivity contribution in [3.05, 3.63) is 48.0 Å². The van der Waals surface area contributed by atoms with Crippen molar-refractivity contribution in [2.45, 2.75) is 19.8 Å². The molecule has 3 nitrogen and oxygen atoms in total. The van der Waals surface area contributed by atoms with E-state index in [1.54, 1.807) is 0 Å². The van der Waals surface area contributed by atoms with Gasteiger partial charge in [0.2, 0.25) is 0 Å². The van der Waals surface area contributed by atoms with E-state index >= 15 is 0 Å². The summed E-state index contributed by atoms with van der Waals surface area (Å²) in [6, 6.07) is 15.0. The summed E-state index contributed by atoms with van der Waals surface area (Å²) in [7, 11) is 0. The molecule has 0 radical (unpaired) electrons. The molecule has 3 aromatic rings. The first kappa shape index (κ1) is 12.5. The number of fused-ring (bicyclic) bond motifs is 1. The van der Waals surface area contributed by atoms with Gasteiger partial charge >= 0.3 is 0 Å². The molecule has 4 rings (SSSR count). The molecule has 1 aromatic heterocycles. The third kappa shape index (κ3) is 2.29. The van der Waals surface area contributed by atoms with Gasteiger partial charge in [-0.15, -0.1) is 0 Å². The topological polar surface area (TPSA) is 31.9 Å². The summed E-state index contributed by atoms with van der Waals surface area (Å²) in [5, 5.41) is 0. The Labute approximate surface area is 124 Å². The van der Waals surface area contributed by atoms with Crippen LogP contribution >= 0.6 is 0 Å². The first-order chi connectivity index (χ1) is 10.3. The molecule has 2 aromatic carbocycles. The molecule has 1 N–H and O–H groups in total. The van der Waals surface area contributed by atoms with Crippen LogP contribution in [0.25, 0.3) is 22.4 Å². The summed E-state index contributed by atoms with van der Waals surface area (Å²) in [5.74, 6) is 0.948. The van der Waals surface area contributed by atoms with Gasteiger partial charge in [-0.2, -0.15) is 0 Å². The highest BCUT2D eigenvalue weighted by Gasteiger charge is 2.13. The number of nitrogens with one attached hydrogen (secondary N) is 1. The fourth-order valence-corrected chi connectivity index (χ4v) is 3.02. The van der Waals surface area contributed by atoms with E-state index in [1.807, 2.05) is 0 Å². The second kappa shape index (κ2) is 4.92. The maximum absolute atomic E-state index is 4.71. The van der Waals surface area contributed by atoms with Crippen molar-refractivity contribution in [1.29, 1.82) is 0 Å². The minimum atomic E-state index is 0.948. The SMILES string of the molecule is Cc1ccc(-c2nc3ccc(N4CCCC4)cc3[nH]2)cc1. The molecule has 1 saturated heterocycles. The van der Waals surface area contributed by atoms with Crippen molar-refractivity contribution in [2.75, 3.05) is 18.0 Å².